The summed E-state index contributed by atoms with van der Waals surface area (Å²) in [6.07, 6.45) is -2.71. The number of nitrogens with one attached hydrogen (secondary N) is 1. The van der Waals surface area contributed by atoms with Gasteiger partial charge in [0.2, 0.25) is 5.95 Å². The molecule has 2 bridgehead atoms. The number of H-pyrrole nitrogens is 1. The molecule has 6 heterocycles. The Morgan fingerprint density at radius 1 is 1.13 bits per heavy atom. The zero-order chi connectivity index (χ0) is 31.5. The van der Waals surface area contributed by atoms with Crippen LogP contribution in [0.3, 0.4) is 0 Å². The monoisotopic (exact) mass is 685 g/mol. The highest BCUT2D eigenvalue weighted by molar-refractivity contribution is 8.07. The predicted molar refractivity (Wildman–Crippen MR) is 152 cm³/mol. The van der Waals surface area contributed by atoms with Gasteiger partial charge in [-0.15, -0.1) is 5.10 Å². The Kier molecular flexibility index (Phi) is 6.53. The number of aliphatic hydroxyl groups is 1. The Labute approximate surface area is 255 Å². The van der Waals surface area contributed by atoms with Gasteiger partial charge in [-0.3, -0.25) is 18.8 Å². The van der Waals surface area contributed by atoms with Crippen LogP contribution in [0.4, 0.5) is 11.8 Å². The van der Waals surface area contributed by atoms with E-state index in [1.54, 1.807) is 4.57 Å². The lowest BCUT2D eigenvalue weighted by atomic mass is 10.0. The van der Waals surface area contributed by atoms with E-state index in [0.717, 1.165) is 4.68 Å². The van der Waals surface area contributed by atoms with Gasteiger partial charge in [0, 0.05) is 11.8 Å². The molecule has 0 amide bonds. The molecule has 2 aliphatic heterocycles. The number of aromatic nitrogens is 9. The average molecular weight is 686 g/mol. The van der Waals surface area contributed by atoms with Gasteiger partial charge < -0.3 is 44.7 Å². The molecule has 8 rings (SSSR count). The minimum Gasteiger partial charge on any atom is -0.388 e. The fourth-order valence-corrected chi connectivity index (χ4v) is 9.17. The van der Waals surface area contributed by atoms with Gasteiger partial charge in [0.1, 0.15) is 30.2 Å². The number of rotatable bonds is 2. The van der Waals surface area contributed by atoms with Gasteiger partial charge in [-0.05, 0) is 24.1 Å². The molecule has 2 aliphatic carbocycles. The molecule has 1 spiro atoms. The second-order valence-corrected chi connectivity index (χ2v) is 15.5. The number of aliphatic hydroxyl groups excluding tert-OH is 1. The molecule has 0 aromatic carbocycles. The molecule has 4 aromatic heterocycles. The van der Waals surface area contributed by atoms with Crippen molar-refractivity contribution >= 4 is 60.4 Å². The molecule has 240 valence electrons. The summed E-state index contributed by atoms with van der Waals surface area (Å²) in [5.41, 5.74) is 10.4. The van der Waals surface area contributed by atoms with Gasteiger partial charge in [-0.2, -0.15) is 9.67 Å². The van der Waals surface area contributed by atoms with E-state index in [-0.39, 0.29) is 41.9 Å². The summed E-state index contributed by atoms with van der Waals surface area (Å²) in [4.78, 5) is 53.2. The number of nitrogen functional groups attached to an aromatic ring is 2. The third kappa shape index (κ3) is 4.71. The first-order valence-electron chi connectivity index (χ1n) is 13.5. The van der Waals surface area contributed by atoms with Gasteiger partial charge in [-0.25, -0.2) is 19.5 Å². The first-order valence-corrected chi connectivity index (χ1v) is 17.6. The van der Waals surface area contributed by atoms with Gasteiger partial charge in [0.05, 0.1) is 31.7 Å². The van der Waals surface area contributed by atoms with Crippen molar-refractivity contribution in [3.05, 3.63) is 23.0 Å². The number of fused-ring (bicyclic) bond motifs is 4. The van der Waals surface area contributed by atoms with Crippen LogP contribution in [0.1, 0.15) is 25.1 Å². The number of phosphoric ester groups is 1. The second-order valence-electron chi connectivity index (χ2n) is 11.3. The maximum atomic E-state index is 13.4. The number of anilines is 2. The smallest absolute Gasteiger partial charge is 0.388 e. The summed E-state index contributed by atoms with van der Waals surface area (Å²) in [5.74, 6) is -0.446. The van der Waals surface area contributed by atoms with Gasteiger partial charge in [-0.1, -0.05) is 5.21 Å². The van der Waals surface area contributed by atoms with E-state index in [1.165, 1.54) is 12.7 Å². The minimum absolute atomic E-state index is 0.0471. The molecule has 4 aliphatic rings. The fraction of sp³-hybridized carbons (Fsp3) is 0.571. The van der Waals surface area contributed by atoms with Crippen LogP contribution in [-0.4, -0.2) is 97.0 Å². The Morgan fingerprint density at radius 3 is 2.78 bits per heavy atom. The van der Waals surface area contributed by atoms with Crippen LogP contribution < -0.4 is 17.0 Å². The molecule has 3 unspecified atom stereocenters. The van der Waals surface area contributed by atoms with Crippen molar-refractivity contribution in [3.8, 4) is 0 Å². The SMILES string of the molecule is Nc1nc2c(nnn2[C@@H]2O[C@@H]3COP(O)(=S)O[C@H]4[C@@H](O)[C@H](n5cnc6c(N)ncnc65)[C@H]5CC54COP(=O)(O)O[C@@H]2C3)c(=O)[nH]1. The maximum Gasteiger partial charge on any atom is 0.472 e. The molecular weight excluding hydrogens is 660 g/mol. The number of imidazole rings is 1. The van der Waals surface area contributed by atoms with E-state index in [1.807, 2.05) is 0 Å². The van der Waals surface area contributed by atoms with E-state index in [9.17, 15) is 24.3 Å². The Balaban J connectivity index is 1.12. The topological polar surface area (TPSA) is 296 Å². The van der Waals surface area contributed by atoms with Crippen LogP contribution in [0, 0.1) is 11.3 Å². The van der Waals surface area contributed by atoms with Crippen molar-refractivity contribution in [1.29, 1.82) is 0 Å². The Bertz CT molecular complexity index is 2010. The van der Waals surface area contributed by atoms with Crippen molar-refractivity contribution in [2.24, 2.45) is 11.3 Å². The predicted octanol–water partition coefficient (Wildman–Crippen LogP) is -1.14. The highest BCUT2D eigenvalue weighted by Crippen LogP contribution is 2.72. The number of hydrogen-bond acceptors (Lipinski definition) is 17. The molecule has 21 nitrogen and oxygen atoms in total. The number of aromatic amines is 1. The Morgan fingerprint density at radius 2 is 1.96 bits per heavy atom. The number of nitrogens with two attached hydrogens (primary N) is 2. The molecule has 24 heteroatoms. The fourth-order valence-electron chi connectivity index (χ4n) is 6.67. The molecule has 0 radical (unpaired) electrons. The summed E-state index contributed by atoms with van der Waals surface area (Å²) in [6.45, 7) is -4.78. The molecule has 4 aromatic rings. The minimum atomic E-state index is -4.83. The van der Waals surface area contributed by atoms with Crippen molar-refractivity contribution < 1.29 is 42.3 Å². The van der Waals surface area contributed by atoms with Crippen molar-refractivity contribution in [2.75, 3.05) is 24.7 Å². The van der Waals surface area contributed by atoms with Crippen LogP contribution in [-0.2, 0) is 39.2 Å². The van der Waals surface area contributed by atoms with Crippen LogP contribution >= 0.6 is 14.5 Å². The van der Waals surface area contributed by atoms with Crippen molar-refractivity contribution in [2.45, 2.75) is 49.5 Å². The number of phosphoric acid groups is 1. The zero-order valence-corrected chi connectivity index (χ0v) is 25.4. The summed E-state index contributed by atoms with van der Waals surface area (Å²) in [7, 11) is -4.83. The van der Waals surface area contributed by atoms with Gasteiger partial charge >= 0.3 is 14.5 Å². The lowest BCUT2D eigenvalue weighted by Gasteiger charge is -2.31. The summed E-state index contributed by atoms with van der Waals surface area (Å²) in [5, 5.41) is 19.3. The van der Waals surface area contributed by atoms with E-state index >= 15 is 0 Å². The molecule has 8 N–H and O–H groups in total. The van der Waals surface area contributed by atoms with Crippen molar-refractivity contribution in [3.63, 3.8) is 0 Å². The number of hydrogen-bond donors (Lipinski definition) is 6. The van der Waals surface area contributed by atoms with E-state index in [0.29, 0.717) is 17.6 Å². The largest absolute Gasteiger partial charge is 0.472 e. The quantitative estimate of drug-likeness (QED) is 0.136. The highest BCUT2D eigenvalue weighted by Gasteiger charge is 2.74. The first-order chi connectivity index (χ1) is 21.4. The maximum absolute atomic E-state index is 13.4. The van der Waals surface area contributed by atoms with Crippen LogP contribution in [0.25, 0.3) is 22.3 Å². The lowest BCUT2D eigenvalue weighted by molar-refractivity contribution is -0.0654. The number of nitrogens with zero attached hydrogens (tertiary/aromatic N) is 8. The van der Waals surface area contributed by atoms with Crippen molar-refractivity contribution in [1.82, 2.24) is 44.5 Å². The lowest BCUT2D eigenvalue weighted by Crippen LogP contribution is -2.38. The standard InChI is InChI=1S/C21H25N11O10P2S/c22-15-10-16(25-5-24-15)31(6-26-10)12-8-2-21(8)4-39-43(35,36)41-9-1-7(3-38-44(37,45)42-14(21)13(12)33)40-19(9)32-17-11(29-30-32)18(34)28-20(23)27-17/h5-9,12-14,19,33H,1-4H2,(H,35,36)(H,37,45)(H2,22,24,25)(H3,23,27,28,34)/t7-,8+,9+,12+,13-,14-,19+,21?,44?/m0/s1. The summed E-state index contributed by atoms with van der Waals surface area (Å²) < 4.78 is 44.8. The highest BCUT2D eigenvalue weighted by atomic mass is 32.5. The normalized spacial score (nSPS) is 40.0. The summed E-state index contributed by atoms with van der Waals surface area (Å²) >= 11 is 5.33. The third-order valence-electron chi connectivity index (χ3n) is 8.70. The molecule has 45 heavy (non-hydrogen) atoms. The molecule has 4 fully saturated rings. The molecule has 2 saturated carbocycles. The van der Waals surface area contributed by atoms with Crippen LogP contribution in [0.2, 0.25) is 0 Å². The zero-order valence-electron chi connectivity index (χ0n) is 22.8. The average Bonchev–Trinajstić information content (AvgIpc) is 3.31. The first kappa shape index (κ1) is 29.4. The molecule has 2 saturated heterocycles. The van der Waals surface area contributed by atoms with Crippen LogP contribution in [0.5, 0.6) is 0 Å². The molecule has 10 atom stereocenters. The van der Waals surface area contributed by atoms with Gasteiger partial charge in [0.25, 0.3) is 5.56 Å². The Hall–Kier alpha value is -3.01. The van der Waals surface area contributed by atoms with Crippen LogP contribution in [0.15, 0.2) is 17.4 Å². The molecular formula is C21H25N11O10P2S. The van der Waals surface area contributed by atoms with E-state index in [2.05, 4.69) is 35.2 Å². The van der Waals surface area contributed by atoms with Gasteiger partial charge in [0.15, 0.2) is 28.9 Å². The van der Waals surface area contributed by atoms with E-state index in [4.69, 9.17) is 46.1 Å². The summed E-state index contributed by atoms with van der Waals surface area (Å²) in [6, 6.07) is -0.701. The second kappa shape index (κ2) is 9.99. The number of ether oxygens (including phenoxy) is 1. The third-order valence-corrected chi connectivity index (χ3v) is 11.2. The van der Waals surface area contributed by atoms with E-state index < -0.39 is 68.8 Å².